The molecular formula is C22H24N6O. The van der Waals surface area contributed by atoms with Crippen LogP contribution in [0.1, 0.15) is 12.8 Å². The van der Waals surface area contributed by atoms with Crippen LogP contribution in [0.15, 0.2) is 61.1 Å². The summed E-state index contributed by atoms with van der Waals surface area (Å²) >= 11 is 0. The van der Waals surface area contributed by atoms with Crippen molar-refractivity contribution in [1.29, 1.82) is 0 Å². The van der Waals surface area contributed by atoms with Crippen molar-refractivity contribution in [2.24, 2.45) is 11.8 Å². The number of benzene rings is 1. The number of nitrogens with zero attached hydrogens (tertiary/aromatic N) is 5. The van der Waals surface area contributed by atoms with Crippen LogP contribution in [0.3, 0.4) is 0 Å². The van der Waals surface area contributed by atoms with Gasteiger partial charge in [-0.2, -0.15) is 0 Å². The molecule has 1 aliphatic heterocycles. The van der Waals surface area contributed by atoms with Gasteiger partial charge in [-0.3, -0.25) is 4.98 Å². The first-order valence-electron chi connectivity index (χ1n) is 10.1. The fraction of sp³-hybridized carbons (Fsp3) is 0.364. The highest BCUT2D eigenvalue weighted by Gasteiger charge is 2.42. The Kier molecular flexibility index (Phi) is 4.81. The fourth-order valence-corrected chi connectivity index (χ4v) is 4.59. The topological polar surface area (TPSA) is 87.1 Å². The lowest BCUT2D eigenvalue weighted by Gasteiger charge is -2.35. The van der Waals surface area contributed by atoms with Crippen LogP contribution < -0.4 is 10.2 Å². The minimum absolute atomic E-state index is 0.000518. The van der Waals surface area contributed by atoms with Crippen molar-refractivity contribution >= 4 is 11.6 Å². The number of aliphatic hydroxyl groups excluding tert-OH is 1. The predicted octanol–water partition coefficient (Wildman–Crippen LogP) is 2.62. The van der Waals surface area contributed by atoms with E-state index in [1.54, 1.807) is 18.6 Å². The third kappa shape index (κ3) is 3.78. The van der Waals surface area contributed by atoms with Gasteiger partial charge in [-0.25, -0.2) is 4.98 Å². The quantitative estimate of drug-likeness (QED) is 0.710. The first-order chi connectivity index (χ1) is 14.3. The van der Waals surface area contributed by atoms with Crippen molar-refractivity contribution in [2.45, 2.75) is 25.0 Å². The van der Waals surface area contributed by atoms with Gasteiger partial charge in [0.25, 0.3) is 0 Å². The maximum atomic E-state index is 10.6. The number of nitrogens with one attached hydrogen (secondary N) is 1. The Morgan fingerprint density at radius 2 is 1.76 bits per heavy atom. The van der Waals surface area contributed by atoms with Crippen molar-refractivity contribution in [3.8, 4) is 11.3 Å². The maximum absolute atomic E-state index is 10.6. The molecule has 0 radical (unpaired) electrons. The first kappa shape index (κ1) is 18.0. The molecule has 2 N–H and O–H groups in total. The summed E-state index contributed by atoms with van der Waals surface area (Å²) in [6.07, 6.45) is 6.32. The van der Waals surface area contributed by atoms with Crippen LogP contribution in [0.25, 0.3) is 11.3 Å². The molecule has 148 valence electrons. The molecule has 1 saturated heterocycles. The van der Waals surface area contributed by atoms with Gasteiger partial charge in [0.1, 0.15) is 5.82 Å². The molecule has 3 aromatic rings. The standard InChI is InChI=1S/C22H24N6O/c29-20-11-17-14-28(13-16(17)10-19(20)25-21-12-23-8-9-24-21)22-7-6-18(26-27-22)15-4-2-1-3-5-15/h1-9,12,16-17,19-20,29H,10-11,13-14H2,(H,24,25)/t16-,17+,19-,20-/m1/s1. The zero-order valence-corrected chi connectivity index (χ0v) is 16.1. The van der Waals surface area contributed by atoms with Gasteiger partial charge in [-0.1, -0.05) is 30.3 Å². The highest BCUT2D eigenvalue weighted by molar-refractivity contribution is 5.59. The number of aromatic nitrogens is 4. The van der Waals surface area contributed by atoms with Crippen LogP contribution in [-0.4, -0.2) is 50.5 Å². The van der Waals surface area contributed by atoms with Gasteiger partial charge in [0.05, 0.1) is 24.0 Å². The highest BCUT2D eigenvalue weighted by atomic mass is 16.3. The summed E-state index contributed by atoms with van der Waals surface area (Å²) in [6.45, 7) is 1.86. The molecule has 1 saturated carbocycles. The molecule has 2 fully saturated rings. The number of rotatable bonds is 4. The van der Waals surface area contributed by atoms with Crippen LogP contribution in [0.2, 0.25) is 0 Å². The maximum Gasteiger partial charge on any atom is 0.151 e. The molecular weight excluding hydrogens is 364 g/mol. The number of hydrogen-bond acceptors (Lipinski definition) is 7. The molecule has 0 bridgehead atoms. The Morgan fingerprint density at radius 3 is 2.48 bits per heavy atom. The summed E-state index contributed by atoms with van der Waals surface area (Å²) in [4.78, 5) is 10.7. The van der Waals surface area contributed by atoms with Crippen LogP contribution in [-0.2, 0) is 0 Å². The van der Waals surface area contributed by atoms with Gasteiger partial charge in [-0.15, -0.1) is 10.2 Å². The Morgan fingerprint density at radius 1 is 0.931 bits per heavy atom. The molecule has 5 rings (SSSR count). The summed E-state index contributed by atoms with van der Waals surface area (Å²) in [7, 11) is 0. The van der Waals surface area contributed by atoms with Crippen molar-refractivity contribution in [3.63, 3.8) is 0 Å². The average molecular weight is 388 g/mol. The SMILES string of the molecule is O[C@@H]1C[C@H]2CN(c3ccc(-c4ccccc4)nn3)C[C@H]2C[C@H]1Nc1cnccn1. The van der Waals surface area contributed by atoms with Gasteiger partial charge in [0.15, 0.2) is 5.82 Å². The summed E-state index contributed by atoms with van der Waals surface area (Å²) in [6, 6.07) is 14.2. The second-order valence-corrected chi connectivity index (χ2v) is 7.95. The molecule has 4 atom stereocenters. The third-order valence-corrected chi connectivity index (χ3v) is 6.08. The van der Waals surface area contributed by atoms with E-state index < -0.39 is 0 Å². The molecule has 2 aromatic heterocycles. The molecule has 1 aromatic carbocycles. The van der Waals surface area contributed by atoms with Gasteiger partial charge >= 0.3 is 0 Å². The lowest BCUT2D eigenvalue weighted by atomic mass is 9.77. The number of fused-ring (bicyclic) bond motifs is 1. The van der Waals surface area contributed by atoms with Crippen molar-refractivity contribution < 1.29 is 5.11 Å². The van der Waals surface area contributed by atoms with E-state index in [4.69, 9.17) is 0 Å². The van der Waals surface area contributed by atoms with Gasteiger partial charge in [-0.05, 0) is 36.8 Å². The minimum Gasteiger partial charge on any atom is -0.391 e. The van der Waals surface area contributed by atoms with Crippen LogP contribution in [0.5, 0.6) is 0 Å². The lowest BCUT2D eigenvalue weighted by molar-refractivity contribution is 0.0737. The van der Waals surface area contributed by atoms with Gasteiger partial charge in [0, 0.05) is 31.0 Å². The molecule has 7 heteroatoms. The summed E-state index contributed by atoms with van der Waals surface area (Å²) < 4.78 is 0. The Balaban J connectivity index is 1.26. The monoisotopic (exact) mass is 388 g/mol. The van der Waals surface area contributed by atoms with Gasteiger partial charge < -0.3 is 15.3 Å². The van der Waals surface area contributed by atoms with E-state index in [9.17, 15) is 5.11 Å². The summed E-state index contributed by atoms with van der Waals surface area (Å²) in [5, 5.41) is 22.9. The van der Waals surface area contributed by atoms with E-state index in [0.29, 0.717) is 17.7 Å². The molecule has 29 heavy (non-hydrogen) atoms. The molecule has 0 spiro atoms. The molecule has 0 unspecified atom stereocenters. The molecule has 3 heterocycles. The lowest BCUT2D eigenvalue weighted by Crippen LogP contribution is -2.43. The van der Waals surface area contributed by atoms with Crippen LogP contribution in [0, 0.1) is 11.8 Å². The Labute approximate surface area is 169 Å². The molecule has 7 nitrogen and oxygen atoms in total. The fourth-order valence-electron chi connectivity index (χ4n) is 4.59. The zero-order valence-electron chi connectivity index (χ0n) is 16.1. The Hall–Kier alpha value is -3.06. The highest BCUT2D eigenvalue weighted by Crippen LogP contribution is 2.38. The smallest absolute Gasteiger partial charge is 0.151 e. The van der Waals surface area contributed by atoms with Gasteiger partial charge in [0.2, 0.25) is 0 Å². The van der Waals surface area contributed by atoms with E-state index in [1.165, 1.54) is 0 Å². The zero-order chi connectivity index (χ0) is 19.6. The second-order valence-electron chi connectivity index (χ2n) is 7.95. The largest absolute Gasteiger partial charge is 0.391 e. The summed E-state index contributed by atoms with van der Waals surface area (Å²) in [5.74, 6) is 2.61. The van der Waals surface area contributed by atoms with E-state index in [1.807, 2.05) is 36.4 Å². The third-order valence-electron chi connectivity index (χ3n) is 6.08. The number of anilines is 2. The van der Waals surface area contributed by atoms with E-state index >= 15 is 0 Å². The Bertz CT molecular complexity index is 937. The minimum atomic E-state index is -0.384. The first-order valence-corrected chi connectivity index (χ1v) is 10.1. The normalized spacial score (nSPS) is 26.2. The molecule has 2 aliphatic rings. The van der Waals surface area contributed by atoms with Crippen molar-refractivity contribution in [1.82, 2.24) is 20.2 Å². The number of hydrogen-bond donors (Lipinski definition) is 2. The number of aliphatic hydroxyl groups is 1. The van der Waals surface area contributed by atoms with E-state index in [-0.39, 0.29) is 12.1 Å². The molecule has 0 amide bonds. The average Bonchev–Trinajstić information content (AvgIpc) is 3.18. The van der Waals surface area contributed by atoms with E-state index in [2.05, 4.69) is 36.4 Å². The summed E-state index contributed by atoms with van der Waals surface area (Å²) in [5.41, 5.74) is 1.96. The molecule has 1 aliphatic carbocycles. The van der Waals surface area contributed by atoms with Crippen molar-refractivity contribution in [2.75, 3.05) is 23.3 Å². The van der Waals surface area contributed by atoms with Crippen LogP contribution >= 0.6 is 0 Å². The predicted molar refractivity (Wildman–Crippen MR) is 111 cm³/mol. The van der Waals surface area contributed by atoms with Crippen LogP contribution in [0.4, 0.5) is 11.6 Å². The van der Waals surface area contributed by atoms with E-state index in [0.717, 1.165) is 43.0 Å². The van der Waals surface area contributed by atoms with Crippen molar-refractivity contribution in [3.05, 3.63) is 61.1 Å². The second kappa shape index (κ2) is 7.75.